The van der Waals surface area contributed by atoms with Gasteiger partial charge in [0.15, 0.2) is 11.5 Å². The van der Waals surface area contributed by atoms with E-state index in [4.69, 9.17) is 9.47 Å². The third-order valence-corrected chi connectivity index (χ3v) is 3.03. The van der Waals surface area contributed by atoms with Crippen molar-refractivity contribution in [1.29, 1.82) is 5.26 Å². The van der Waals surface area contributed by atoms with Crippen molar-refractivity contribution in [3.8, 4) is 17.6 Å². The zero-order valence-corrected chi connectivity index (χ0v) is 9.83. The average Bonchev–Trinajstić information content (AvgIpc) is 2.33. The molecule has 0 radical (unpaired) electrons. The van der Waals surface area contributed by atoms with E-state index in [0.29, 0.717) is 13.0 Å². The number of rotatable bonds is 1. The van der Waals surface area contributed by atoms with Crippen LogP contribution in [-0.2, 0) is 0 Å². The van der Waals surface area contributed by atoms with Gasteiger partial charge in [0.1, 0.15) is 12.7 Å². The Morgan fingerprint density at radius 1 is 1.31 bits per heavy atom. The summed E-state index contributed by atoms with van der Waals surface area (Å²) in [4.78, 5) is 0. The van der Waals surface area contributed by atoms with Crippen LogP contribution in [0.25, 0.3) is 0 Å². The molecule has 0 N–H and O–H groups in total. The summed E-state index contributed by atoms with van der Waals surface area (Å²) in [6.45, 7) is 6.18. The van der Waals surface area contributed by atoms with Crippen molar-refractivity contribution in [2.24, 2.45) is 0 Å². The highest BCUT2D eigenvalue weighted by atomic mass is 16.6. The number of hydrogen-bond donors (Lipinski definition) is 0. The maximum absolute atomic E-state index is 9.17. The summed E-state index contributed by atoms with van der Waals surface area (Å²) in [5, 5.41) is 9.17. The van der Waals surface area contributed by atoms with Crippen LogP contribution in [0.3, 0.4) is 0 Å². The van der Waals surface area contributed by atoms with E-state index in [0.717, 1.165) is 22.6 Å². The maximum atomic E-state index is 9.17. The second-order valence-electron chi connectivity index (χ2n) is 4.21. The van der Waals surface area contributed by atoms with Crippen LogP contribution in [0.4, 0.5) is 0 Å². The molecule has 0 amide bonds. The van der Waals surface area contributed by atoms with E-state index in [9.17, 15) is 5.26 Å². The number of nitriles is 1. The molecule has 0 unspecified atom stereocenters. The number of hydrogen-bond acceptors (Lipinski definition) is 3. The third kappa shape index (κ3) is 1.51. The summed E-state index contributed by atoms with van der Waals surface area (Å²) >= 11 is 0. The van der Waals surface area contributed by atoms with Gasteiger partial charge in [0.25, 0.3) is 0 Å². The summed E-state index contributed by atoms with van der Waals surface area (Å²) in [6.07, 6.45) is 0.621. The fourth-order valence-electron chi connectivity index (χ4n) is 1.79. The highest BCUT2D eigenvalue weighted by Gasteiger charge is 2.37. The van der Waals surface area contributed by atoms with E-state index in [1.165, 1.54) is 0 Å². The first-order valence-corrected chi connectivity index (χ1v) is 5.45. The van der Waals surface area contributed by atoms with E-state index < -0.39 is 5.60 Å². The highest BCUT2D eigenvalue weighted by Crippen LogP contribution is 2.41. The van der Waals surface area contributed by atoms with Crippen LogP contribution >= 0.6 is 0 Å². The molecule has 0 spiro atoms. The molecular weight excluding hydrogens is 202 g/mol. The van der Waals surface area contributed by atoms with Gasteiger partial charge in [-0.15, -0.1) is 0 Å². The van der Waals surface area contributed by atoms with Crippen LogP contribution in [-0.4, -0.2) is 12.2 Å². The molecule has 1 aliphatic rings. The molecule has 2 rings (SSSR count). The molecule has 3 nitrogen and oxygen atoms in total. The molecule has 1 atom stereocenters. The minimum absolute atomic E-state index is 0.303. The number of benzene rings is 1. The van der Waals surface area contributed by atoms with Crippen molar-refractivity contribution in [2.75, 3.05) is 6.61 Å². The Morgan fingerprint density at radius 3 is 2.50 bits per heavy atom. The summed E-state index contributed by atoms with van der Waals surface area (Å²) < 4.78 is 11.5. The summed E-state index contributed by atoms with van der Waals surface area (Å²) in [5.41, 5.74) is 1.22. The van der Waals surface area contributed by atoms with Crippen LogP contribution in [0.5, 0.6) is 11.5 Å². The van der Waals surface area contributed by atoms with Gasteiger partial charge in [-0.3, -0.25) is 0 Å². The van der Waals surface area contributed by atoms with Crippen LogP contribution < -0.4 is 9.47 Å². The van der Waals surface area contributed by atoms with Crippen molar-refractivity contribution in [3.05, 3.63) is 23.3 Å². The van der Waals surface area contributed by atoms with E-state index >= 15 is 0 Å². The topological polar surface area (TPSA) is 42.2 Å². The molecule has 1 heterocycles. The van der Waals surface area contributed by atoms with E-state index in [1.54, 1.807) is 0 Å². The third-order valence-electron chi connectivity index (χ3n) is 3.03. The Labute approximate surface area is 95.6 Å². The van der Waals surface area contributed by atoms with Crippen molar-refractivity contribution in [1.82, 2.24) is 0 Å². The molecule has 3 heteroatoms. The predicted octanol–water partition coefficient (Wildman–Crippen LogP) is 2.75. The van der Waals surface area contributed by atoms with E-state index in [-0.39, 0.29) is 0 Å². The van der Waals surface area contributed by atoms with Crippen molar-refractivity contribution >= 4 is 0 Å². The van der Waals surface area contributed by atoms with Gasteiger partial charge < -0.3 is 9.47 Å². The normalized spacial score (nSPS) is 22.6. The molecule has 0 saturated heterocycles. The Morgan fingerprint density at radius 2 is 1.94 bits per heavy atom. The van der Waals surface area contributed by atoms with Gasteiger partial charge in [-0.1, -0.05) is 19.1 Å². The number of ether oxygens (including phenoxy) is 2. The van der Waals surface area contributed by atoms with Crippen molar-refractivity contribution in [2.45, 2.75) is 32.8 Å². The molecule has 1 aromatic carbocycles. The second-order valence-corrected chi connectivity index (χ2v) is 4.21. The lowest BCUT2D eigenvalue weighted by Gasteiger charge is -2.33. The molecule has 84 valence electrons. The molecule has 16 heavy (non-hydrogen) atoms. The minimum atomic E-state index is -0.828. The molecule has 0 fully saturated rings. The van der Waals surface area contributed by atoms with Gasteiger partial charge in [-0.2, -0.15) is 5.26 Å². The Kier molecular flexibility index (Phi) is 2.51. The molecule has 0 aliphatic carbocycles. The lowest BCUT2D eigenvalue weighted by atomic mass is 10.0. The Bertz CT molecular complexity index is 462. The monoisotopic (exact) mass is 217 g/mol. The number of nitrogens with zero attached hydrogens (tertiary/aromatic N) is 1. The largest absolute Gasteiger partial charge is 0.484 e. The molecule has 0 aromatic heterocycles. The van der Waals surface area contributed by atoms with Gasteiger partial charge in [-0.05, 0) is 25.0 Å². The summed E-state index contributed by atoms with van der Waals surface area (Å²) in [5.74, 6) is 1.49. The van der Waals surface area contributed by atoms with Crippen molar-refractivity contribution in [3.63, 3.8) is 0 Å². The lowest BCUT2D eigenvalue weighted by molar-refractivity contribution is 0.0317. The van der Waals surface area contributed by atoms with Gasteiger partial charge in [0.2, 0.25) is 5.60 Å². The first-order chi connectivity index (χ1) is 7.62. The Hall–Kier alpha value is -1.69. The van der Waals surface area contributed by atoms with Crippen LogP contribution in [0.2, 0.25) is 0 Å². The van der Waals surface area contributed by atoms with Gasteiger partial charge in [0.05, 0.1) is 0 Å². The molecule has 0 bridgehead atoms. The van der Waals surface area contributed by atoms with Gasteiger partial charge >= 0.3 is 0 Å². The fraction of sp³-hybridized carbons (Fsp3) is 0.462. The SMILES string of the molecule is CC[C@]1(C#N)COc2c(C)ccc(C)c2O1. The van der Waals surface area contributed by atoms with Gasteiger partial charge in [0, 0.05) is 6.42 Å². The molecule has 1 aromatic rings. The minimum Gasteiger partial charge on any atom is -0.484 e. The van der Waals surface area contributed by atoms with Crippen LogP contribution in [0, 0.1) is 25.2 Å². The van der Waals surface area contributed by atoms with Gasteiger partial charge in [-0.25, -0.2) is 0 Å². The average molecular weight is 217 g/mol. The van der Waals surface area contributed by atoms with E-state index in [1.807, 2.05) is 32.9 Å². The number of fused-ring (bicyclic) bond motifs is 1. The quantitative estimate of drug-likeness (QED) is 0.726. The molecule has 1 aliphatic heterocycles. The van der Waals surface area contributed by atoms with Crippen LogP contribution in [0.15, 0.2) is 12.1 Å². The zero-order chi connectivity index (χ0) is 11.8. The first kappa shape index (κ1) is 10.8. The summed E-state index contributed by atoms with van der Waals surface area (Å²) in [7, 11) is 0. The van der Waals surface area contributed by atoms with Crippen molar-refractivity contribution < 1.29 is 9.47 Å². The standard InChI is InChI=1S/C13H15NO2/c1-4-13(7-14)8-15-11-9(2)5-6-10(3)12(11)16-13/h5-6H,4,8H2,1-3H3/t13-/m0/s1. The fourth-order valence-corrected chi connectivity index (χ4v) is 1.79. The maximum Gasteiger partial charge on any atom is 0.227 e. The lowest BCUT2D eigenvalue weighted by Crippen LogP contribution is -2.43. The van der Waals surface area contributed by atoms with Crippen LogP contribution in [0.1, 0.15) is 24.5 Å². The second kappa shape index (κ2) is 3.71. The predicted molar refractivity (Wildman–Crippen MR) is 60.7 cm³/mol. The summed E-state index contributed by atoms with van der Waals surface area (Å²) in [6, 6.07) is 6.20. The molecular formula is C13H15NO2. The first-order valence-electron chi connectivity index (χ1n) is 5.45. The smallest absolute Gasteiger partial charge is 0.227 e. The highest BCUT2D eigenvalue weighted by molar-refractivity contribution is 5.52. The zero-order valence-electron chi connectivity index (χ0n) is 9.83. The number of aryl methyl sites for hydroxylation is 2. The molecule has 0 saturated carbocycles. The van der Waals surface area contributed by atoms with E-state index in [2.05, 4.69) is 6.07 Å². The Balaban J connectivity index is 2.48.